The van der Waals surface area contributed by atoms with E-state index in [9.17, 15) is 13.6 Å². The van der Waals surface area contributed by atoms with Gasteiger partial charge in [-0.25, -0.2) is 8.78 Å². The zero-order chi connectivity index (χ0) is 19.0. The third-order valence-corrected chi connectivity index (χ3v) is 6.86. The molecule has 0 radical (unpaired) electrons. The van der Waals surface area contributed by atoms with Crippen LogP contribution >= 0.6 is 24.8 Å². The number of carbonyl (C=O) groups excluding carboxylic acids is 1. The average Bonchev–Trinajstić information content (AvgIpc) is 3.37. The van der Waals surface area contributed by atoms with E-state index in [-0.39, 0.29) is 42.2 Å². The van der Waals surface area contributed by atoms with E-state index in [1.165, 1.54) is 6.07 Å². The van der Waals surface area contributed by atoms with Crippen LogP contribution in [-0.4, -0.2) is 55.0 Å². The van der Waals surface area contributed by atoms with Gasteiger partial charge in [0.1, 0.15) is 11.6 Å². The Hall–Kier alpha value is -0.950. The van der Waals surface area contributed by atoms with Gasteiger partial charge in [0.2, 0.25) is 5.91 Å². The van der Waals surface area contributed by atoms with Crippen LogP contribution in [0.1, 0.15) is 44.2 Å². The van der Waals surface area contributed by atoms with E-state index in [4.69, 9.17) is 0 Å². The lowest BCUT2D eigenvalue weighted by Crippen LogP contribution is -2.50. The lowest BCUT2D eigenvalue weighted by Gasteiger charge is -2.39. The van der Waals surface area contributed by atoms with Gasteiger partial charge < -0.3 is 10.2 Å². The van der Waals surface area contributed by atoms with Gasteiger partial charge in [0.05, 0.1) is 0 Å². The maximum absolute atomic E-state index is 14.2. The first kappa shape index (κ1) is 24.3. The number of rotatable bonds is 4. The fourth-order valence-corrected chi connectivity index (χ4v) is 5.10. The summed E-state index contributed by atoms with van der Waals surface area (Å²) in [6, 6.07) is 3.77. The summed E-state index contributed by atoms with van der Waals surface area (Å²) in [5, 5.41) is 3.38. The van der Waals surface area contributed by atoms with Crippen LogP contribution in [-0.2, 0) is 4.79 Å². The molecule has 8 heteroatoms. The second kappa shape index (κ2) is 9.90. The lowest BCUT2D eigenvalue weighted by molar-refractivity contribution is -0.135. The van der Waals surface area contributed by atoms with Crippen LogP contribution in [0, 0.1) is 23.0 Å². The number of carbonyl (C=O) groups is 1. The van der Waals surface area contributed by atoms with Crippen molar-refractivity contribution < 1.29 is 13.6 Å². The summed E-state index contributed by atoms with van der Waals surface area (Å²) in [6.07, 6.45) is 4.04. The highest BCUT2D eigenvalue weighted by Crippen LogP contribution is 2.59. The van der Waals surface area contributed by atoms with Gasteiger partial charge in [0, 0.05) is 49.8 Å². The zero-order valence-corrected chi connectivity index (χ0v) is 18.5. The normalized spacial score (nSPS) is 24.4. The van der Waals surface area contributed by atoms with Crippen molar-refractivity contribution in [2.75, 3.05) is 39.3 Å². The quantitative estimate of drug-likeness (QED) is 0.759. The molecule has 2 aliphatic heterocycles. The van der Waals surface area contributed by atoms with E-state index in [0.717, 1.165) is 57.9 Å². The Morgan fingerprint density at radius 1 is 1.17 bits per heavy atom. The van der Waals surface area contributed by atoms with Crippen molar-refractivity contribution in [3.05, 3.63) is 35.4 Å². The second-order valence-corrected chi connectivity index (χ2v) is 8.32. The molecule has 1 aromatic carbocycles. The smallest absolute Gasteiger partial charge is 0.226 e. The highest BCUT2D eigenvalue weighted by molar-refractivity contribution is 5.85. The van der Waals surface area contributed by atoms with Crippen molar-refractivity contribution in [3.63, 3.8) is 0 Å². The lowest BCUT2D eigenvalue weighted by atomic mass is 9.91. The standard InChI is InChI=1S/C21H29F2N3O.2ClH/c1-2-19(16-4-3-15(22)13-18(16)23)25-9-11-26(12-10-25)20(27)17-14-21(17)5-7-24-8-6-21;;/h3-4,13,17,19,24H,2,5-12,14H2,1H3;2*1H. The minimum absolute atomic E-state index is 0. The molecule has 4 nitrogen and oxygen atoms in total. The molecule has 0 bridgehead atoms. The maximum Gasteiger partial charge on any atom is 0.226 e. The van der Waals surface area contributed by atoms with E-state index in [1.807, 2.05) is 11.8 Å². The third kappa shape index (κ3) is 4.87. The predicted molar refractivity (Wildman–Crippen MR) is 115 cm³/mol. The molecule has 1 N–H and O–H groups in total. The summed E-state index contributed by atoms with van der Waals surface area (Å²) >= 11 is 0. The maximum atomic E-state index is 14.2. The molecule has 1 spiro atoms. The van der Waals surface area contributed by atoms with Crippen LogP contribution in [0.2, 0.25) is 0 Å². The minimum Gasteiger partial charge on any atom is -0.340 e. The Labute approximate surface area is 184 Å². The zero-order valence-electron chi connectivity index (χ0n) is 16.8. The van der Waals surface area contributed by atoms with E-state index in [1.54, 1.807) is 6.07 Å². The SMILES string of the molecule is CCC(c1ccc(F)cc1F)N1CCN(C(=O)C2CC23CCNCC3)CC1.Cl.Cl. The molecule has 2 unspecified atom stereocenters. The van der Waals surface area contributed by atoms with Crippen LogP contribution in [0.15, 0.2) is 18.2 Å². The Morgan fingerprint density at radius 2 is 1.83 bits per heavy atom. The average molecular weight is 450 g/mol. The Morgan fingerprint density at radius 3 is 2.41 bits per heavy atom. The highest BCUT2D eigenvalue weighted by atomic mass is 35.5. The molecular weight excluding hydrogens is 419 g/mol. The number of nitrogens with zero attached hydrogens (tertiary/aromatic N) is 2. The monoisotopic (exact) mass is 449 g/mol. The number of halogens is 4. The summed E-state index contributed by atoms with van der Waals surface area (Å²) in [5.74, 6) is -0.496. The van der Waals surface area contributed by atoms with Crippen molar-refractivity contribution in [2.24, 2.45) is 11.3 Å². The fourth-order valence-electron chi connectivity index (χ4n) is 5.10. The molecule has 164 valence electrons. The Bertz CT molecular complexity index is 707. The minimum atomic E-state index is -0.544. The van der Waals surface area contributed by atoms with Gasteiger partial charge in [0.25, 0.3) is 0 Å². The van der Waals surface area contributed by atoms with Gasteiger partial charge in [-0.1, -0.05) is 13.0 Å². The summed E-state index contributed by atoms with van der Waals surface area (Å²) in [4.78, 5) is 17.2. The van der Waals surface area contributed by atoms with E-state index in [2.05, 4.69) is 10.2 Å². The molecule has 1 amide bonds. The highest BCUT2D eigenvalue weighted by Gasteiger charge is 2.58. The van der Waals surface area contributed by atoms with Gasteiger partial charge in [-0.05, 0) is 50.3 Å². The van der Waals surface area contributed by atoms with Crippen LogP contribution in [0.4, 0.5) is 8.78 Å². The van der Waals surface area contributed by atoms with Crippen molar-refractivity contribution >= 4 is 30.7 Å². The third-order valence-electron chi connectivity index (χ3n) is 6.86. The van der Waals surface area contributed by atoms with Crippen molar-refractivity contribution in [2.45, 2.75) is 38.6 Å². The molecule has 0 aromatic heterocycles. The topological polar surface area (TPSA) is 35.6 Å². The molecule has 2 saturated heterocycles. The number of piperazine rings is 1. The van der Waals surface area contributed by atoms with Gasteiger partial charge in [-0.2, -0.15) is 0 Å². The first-order valence-corrected chi connectivity index (χ1v) is 10.2. The Kier molecular flexibility index (Phi) is 8.31. The summed E-state index contributed by atoms with van der Waals surface area (Å²) < 4.78 is 27.5. The molecule has 3 aliphatic rings. The van der Waals surface area contributed by atoms with E-state index in [0.29, 0.717) is 24.6 Å². The molecule has 2 atom stereocenters. The van der Waals surface area contributed by atoms with Gasteiger partial charge in [-0.15, -0.1) is 24.8 Å². The number of amides is 1. The summed E-state index contributed by atoms with van der Waals surface area (Å²) in [5.41, 5.74) is 0.817. The molecule has 1 aromatic rings. The number of nitrogens with one attached hydrogen (secondary N) is 1. The van der Waals surface area contributed by atoms with Crippen molar-refractivity contribution in [3.8, 4) is 0 Å². The largest absolute Gasteiger partial charge is 0.340 e. The first-order valence-electron chi connectivity index (χ1n) is 10.2. The van der Waals surface area contributed by atoms with Gasteiger partial charge in [0.15, 0.2) is 0 Å². The van der Waals surface area contributed by atoms with E-state index < -0.39 is 11.6 Å². The summed E-state index contributed by atoms with van der Waals surface area (Å²) in [6.45, 7) is 6.95. The molecule has 2 heterocycles. The summed E-state index contributed by atoms with van der Waals surface area (Å²) in [7, 11) is 0. The number of piperidine rings is 1. The molecule has 1 saturated carbocycles. The molecule has 3 fully saturated rings. The van der Waals surface area contributed by atoms with Gasteiger partial charge in [-0.3, -0.25) is 9.69 Å². The van der Waals surface area contributed by atoms with Gasteiger partial charge >= 0.3 is 0 Å². The molecule has 4 rings (SSSR count). The number of benzene rings is 1. The van der Waals surface area contributed by atoms with Crippen LogP contribution in [0.5, 0.6) is 0 Å². The second-order valence-electron chi connectivity index (χ2n) is 8.32. The van der Waals surface area contributed by atoms with Crippen LogP contribution < -0.4 is 5.32 Å². The van der Waals surface area contributed by atoms with Crippen LogP contribution in [0.25, 0.3) is 0 Å². The molecule has 1 aliphatic carbocycles. The molecule has 29 heavy (non-hydrogen) atoms. The number of hydrogen-bond acceptors (Lipinski definition) is 3. The van der Waals surface area contributed by atoms with Crippen molar-refractivity contribution in [1.29, 1.82) is 0 Å². The Balaban J connectivity index is 0.00000150. The number of hydrogen-bond donors (Lipinski definition) is 1. The predicted octanol–water partition coefficient (Wildman–Crippen LogP) is 3.79. The molecular formula is C21H31Cl2F2N3O. The van der Waals surface area contributed by atoms with Crippen molar-refractivity contribution in [1.82, 2.24) is 15.1 Å². The van der Waals surface area contributed by atoms with E-state index >= 15 is 0 Å². The van der Waals surface area contributed by atoms with Crippen LogP contribution in [0.3, 0.4) is 0 Å². The first-order chi connectivity index (χ1) is 13.0. The fraction of sp³-hybridized carbons (Fsp3) is 0.667.